The van der Waals surface area contributed by atoms with Gasteiger partial charge in [-0.3, -0.25) is 4.18 Å². The monoisotopic (exact) mass is 524 g/mol. The van der Waals surface area contributed by atoms with Gasteiger partial charge in [-0.05, 0) is 35.4 Å². The lowest BCUT2D eigenvalue weighted by atomic mass is 9.98. The van der Waals surface area contributed by atoms with Crippen LogP contribution in [0.5, 0.6) is 5.75 Å². The predicted octanol–water partition coefficient (Wildman–Crippen LogP) is 5.14. The summed E-state index contributed by atoms with van der Waals surface area (Å²) < 4.78 is 37.1. The number of aromatic hydroxyl groups is 1. The van der Waals surface area contributed by atoms with Gasteiger partial charge in [0.1, 0.15) is 30.0 Å². The van der Waals surface area contributed by atoms with Crippen LogP contribution in [-0.2, 0) is 31.2 Å². The fourth-order valence-corrected chi connectivity index (χ4v) is 5.40. The molecule has 0 aromatic heterocycles. The number of hydrogen-bond acceptors (Lipinski definition) is 6. The van der Waals surface area contributed by atoms with Crippen LogP contribution >= 0.6 is 0 Å². The highest BCUT2D eigenvalue weighted by Crippen LogP contribution is 2.33. The van der Waals surface area contributed by atoms with Gasteiger partial charge in [-0.25, -0.2) is 8.42 Å². The highest BCUT2D eigenvalue weighted by molar-refractivity contribution is 7.95. The SMILES string of the molecule is C[S+](Cc1ccccc1)c1ccc(O)cc1.O=S(=O)([O-])OC(c1ccccc1)C(O)c1ccccc1. The Morgan fingerprint density at radius 3 is 1.75 bits per heavy atom. The van der Waals surface area contributed by atoms with E-state index in [0.717, 1.165) is 5.75 Å². The molecule has 0 saturated heterocycles. The minimum absolute atomic E-state index is 0.196. The maximum atomic E-state index is 10.9. The molecule has 3 unspecified atom stereocenters. The van der Waals surface area contributed by atoms with Crippen LogP contribution in [-0.4, -0.2) is 29.4 Å². The molecule has 0 aliphatic heterocycles. The van der Waals surface area contributed by atoms with Gasteiger partial charge in [0.25, 0.3) is 0 Å². The van der Waals surface area contributed by atoms with E-state index in [9.17, 15) is 23.2 Å². The minimum Gasteiger partial charge on any atom is -0.726 e. The van der Waals surface area contributed by atoms with E-state index in [0.29, 0.717) is 16.9 Å². The molecule has 0 radical (unpaired) electrons. The van der Waals surface area contributed by atoms with Crippen LogP contribution in [0.4, 0.5) is 0 Å². The van der Waals surface area contributed by atoms with Gasteiger partial charge in [0.05, 0.1) is 0 Å². The van der Waals surface area contributed by atoms with E-state index in [2.05, 4.69) is 34.7 Å². The van der Waals surface area contributed by atoms with Gasteiger partial charge in [0.2, 0.25) is 10.4 Å². The van der Waals surface area contributed by atoms with Crippen LogP contribution in [0.2, 0.25) is 0 Å². The molecular formula is C28H28O6S2. The summed E-state index contributed by atoms with van der Waals surface area (Å²) in [5.41, 5.74) is 2.23. The van der Waals surface area contributed by atoms with Gasteiger partial charge >= 0.3 is 0 Å². The molecule has 2 N–H and O–H groups in total. The van der Waals surface area contributed by atoms with E-state index < -0.39 is 22.6 Å². The third-order valence-electron chi connectivity index (χ3n) is 5.24. The quantitative estimate of drug-likeness (QED) is 0.188. The molecule has 0 fully saturated rings. The summed E-state index contributed by atoms with van der Waals surface area (Å²) in [5.74, 6) is 1.39. The van der Waals surface area contributed by atoms with E-state index in [-0.39, 0.29) is 10.9 Å². The van der Waals surface area contributed by atoms with Crippen molar-refractivity contribution in [2.45, 2.75) is 22.9 Å². The molecule has 4 aromatic carbocycles. The van der Waals surface area contributed by atoms with Crippen LogP contribution < -0.4 is 0 Å². The van der Waals surface area contributed by atoms with Gasteiger partial charge in [0.15, 0.2) is 4.90 Å². The van der Waals surface area contributed by atoms with Crippen molar-refractivity contribution < 1.29 is 27.4 Å². The topological polar surface area (TPSA) is 107 Å². The van der Waals surface area contributed by atoms with E-state index in [1.807, 2.05) is 18.2 Å². The third kappa shape index (κ3) is 8.82. The largest absolute Gasteiger partial charge is 0.726 e. The fraction of sp³-hybridized carbons (Fsp3) is 0.143. The molecular weight excluding hydrogens is 496 g/mol. The number of aliphatic hydroxyl groups is 1. The van der Waals surface area contributed by atoms with Crippen molar-refractivity contribution >= 4 is 21.3 Å². The first-order valence-electron chi connectivity index (χ1n) is 11.1. The summed E-state index contributed by atoms with van der Waals surface area (Å²) >= 11 is 0. The van der Waals surface area contributed by atoms with Gasteiger partial charge in [-0.15, -0.1) is 0 Å². The first kappa shape index (κ1) is 27.4. The van der Waals surface area contributed by atoms with Gasteiger partial charge in [0, 0.05) is 16.5 Å². The molecule has 0 heterocycles. The second-order valence-corrected chi connectivity index (χ2v) is 11.0. The van der Waals surface area contributed by atoms with Crippen molar-refractivity contribution in [2.24, 2.45) is 0 Å². The van der Waals surface area contributed by atoms with Crippen molar-refractivity contribution in [3.8, 4) is 5.75 Å². The molecule has 8 heteroatoms. The molecule has 4 aromatic rings. The molecule has 4 rings (SSSR count). The molecule has 0 spiro atoms. The zero-order chi connectivity index (χ0) is 26.0. The normalized spacial score (nSPS) is 13.6. The van der Waals surface area contributed by atoms with E-state index in [1.54, 1.807) is 72.8 Å². The highest BCUT2D eigenvalue weighted by Gasteiger charge is 2.25. The number of aliphatic hydroxyl groups excluding tert-OH is 1. The second kappa shape index (κ2) is 13.2. The lowest BCUT2D eigenvalue weighted by Gasteiger charge is -2.24. The predicted molar refractivity (Wildman–Crippen MR) is 141 cm³/mol. The Bertz CT molecular complexity index is 1280. The molecule has 188 valence electrons. The van der Waals surface area contributed by atoms with Gasteiger partial charge < -0.3 is 14.8 Å². The zero-order valence-electron chi connectivity index (χ0n) is 19.7. The summed E-state index contributed by atoms with van der Waals surface area (Å²) in [4.78, 5) is 1.29. The van der Waals surface area contributed by atoms with E-state index in [1.165, 1.54) is 10.5 Å². The average Bonchev–Trinajstić information content (AvgIpc) is 2.89. The van der Waals surface area contributed by atoms with Crippen molar-refractivity contribution in [3.63, 3.8) is 0 Å². The molecule has 36 heavy (non-hydrogen) atoms. The Morgan fingerprint density at radius 1 is 0.778 bits per heavy atom. The highest BCUT2D eigenvalue weighted by atomic mass is 32.3. The summed E-state index contributed by atoms with van der Waals surface area (Å²) in [5, 5.41) is 19.5. The lowest BCUT2D eigenvalue weighted by Crippen LogP contribution is -2.18. The van der Waals surface area contributed by atoms with Crippen LogP contribution in [0, 0.1) is 0 Å². The van der Waals surface area contributed by atoms with Crippen molar-refractivity contribution in [2.75, 3.05) is 6.26 Å². The lowest BCUT2D eigenvalue weighted by molar-refractivity contribution is 0.0302. The molecule has 3 atom stereocenters. The minimum atomic E-state index is -4.93. The summed E-state index contributed by atoms with van der Waals surface area (Å²) in [6.07, 6.45) is -0.303. The summed E-state index contributed by atoms with van der Waals surface area (Å²) in [6.45, 7) is 0. The van der Waals surface area contributed by atoms with E-state index in [4.69, 9.17) is 0 Å². The number of phenolic OH excluding ortho intramolecular Hbond substituents is 1. The summed E-state index contributed by atoms with van der Waals surface area (Å²) in [6, 6.07) is 34.7. The smallest absolute Gasteiger partial charge is 0.218 e. The average molecular weight is 525 g/mol. The Balaban J connectivity index is 0.000000205. The van der Waals surface area contributed by atoms with Crippen molar-refractivity contribution in [1.82, 2.24) is 0 Å². The standard InChI is InChI=1S/C14H14O5S.C14H14OS/c15-13(11-7-3-1-4-8-11)14(19-20(16,17)18)12-9-5-2-6-10-12;1-16(11-12-5-3-2-4-6-12)14-9-7-13(15)8-10-14/h1-10,13-15H,(H,16,17,18);2-10H,11H2,1H3. The van der Waals surface area contributed by atoms with Crippen LogP contribution in [0.1, 0.15) is 28.9 Å². The maximum absolute atomic E-state index is 10.9. The first-order valence-corrected chi connectivity index (χ1v) is 14.2. The molecule has 0 aliphatic rings. The Kier molecular flexibility index (Phi) is 10.1. The zero-order valence-corrected chi connectivity index (χ0v) is 21.3. The Labute approximate surface area is 215 Å². The summed E-state index contributed by atoms with van der Waals surface area (Å²) in [7, 11) is -4.74. The van der Waals surface area contributed by atoms with Gasteiger partial charge in [-0.1, -0.05) is 91.0 Å². The molecule has 0 bridgehead atoms. The van der Waals surface area contributed by atoms with Crippen molar-refractivity contribution in [1.29, 1.82) is 0 Å². The van der Waals surface area contributed by atoms with Gasteiger partial charge in [-0.2, -0.15) is 0 Å². The number of rotatable bonds is 8. The van der Waals surface area contributed by atoms with Crippen molar-refractivity contribution in [3.05, 3.63) is 132 Å². The van der Waals surface area contributed by atoms with E-state index >= 15 is 0 Å². The maximum Gasteiger partial charge on any atom is 0.218 e. The second-order valence-electron chi connectivity index (χ2n) is 7.95. The van der Waals surface area contributed by atoms with Crippen LogP contribution in [0.3, 0.4) is 0 Å². The first-order chi connectivity index (χ1) is 17.2. The van der Waals surface area contributed by atoms with Crippen LogP contribution in [0.25, 0.3) is 0 Å². The Morgan fingerprint density at radius 2 is 1.25 bits per heavy atom. The Hall–Kier alpha value is -3.14. The number of phenols is 1. The molecule has 0 aliphatic carbocycles. The number of benzene rings is 4. The van der Waals surface area contributed by atoms with Crippen LogP contribution in [0.15, 0.2) is 120 Å². The molecule has 0 saturated carbocycles. The number of hydrogen-bond donors (Lipinski definition) is 2. The molecule has 0 amide bonds. The fourth-order valence-electron chi connectivity index (χ4n) is 3.47. The third-order valence-corrected chi connectivity index (χ3v) is 7.53. The molecule has 6 nitrogen and oxygen atoms in total.